The molecule has 218 valence electrons. The minimum absolute atomic E-state index is 0.0360. The molecule has 4 heterocycles. The zero-order chi connectivity index (χ0) is 29.1. The first kappa shape index (κ1) is 27.7. The molecule has 2 N–H and O–H groups in total. The van der Waals surface area contributed by atoms with Gasteiger partial charge in [0.05, 0.1) is 22.9 Å². The molecule has 2 aromatic heterocycles. The SMILES string of the molecule is Cn1cnc2cc(OC3CCN(C(=O)c4ccc(C(=O)NC5CCN(Cc6ccc(O)cc6)CC5)cn4)CC3)ccc21. The summed E-state index contributed by atoms with van der Waals surface area (Å²) in [5.41, 5.74) is 3.91. The highest BCUT2D eigenvalue weighted by Crippen LogP contribution is 2.24. The summed E-state index contributed by atoms with van der Waals surface area (Å²) in [6, 6.07) is 16.6. The van der Waals surface area contributed by atoms with Crippen LogP contribution in [0.1, 0.15) is 52.1 Å². The second-order valence-corrected chi connectivity index (χ2v) is 11.2. The largest absolute Gasteiger partial charge is 0.508 e. The maximum atomic E-state index is 13.1. The molecule has 2 aliphatic rings. The monoisotopic (exact) mass is 568 g/mol. The highest BCUT2D eigenvalue weighted by Gasteiger charge is 2.26. The molecule has 0 bridgehead atoms. The molecule has 2 aliphatic heterocycles. The van der Waals surface area contributed by atoms with Crippen molar-refractivity contribution >= 4 is 22.8 Å². The first-order valence-electron chi connectivity index (χ1n) is 14.6. The summed E-state index contributed by atoms with van der Waals surface area (Å²) in [5.74, 6) is 0.770. The highest BCUT2D eigenvalue weighted by molar-refractivity contribution is 5.96. The van der Waals surface area contributed by atoms with E-state index >= 15 is 0 Å². The van der Waals surface area contributed by atoms with Crippen molar-refractivity contribution in [3.63, 3.8) is 0 Å². The molecular weight excluding hydrogens is 532 g/mol. The van der Waals surface area contributed by atoms with Crippen LogP contribution in [0.2, 0.25) is 0 Å². The van der Waals surface area contributed by atoms with Gasteiger partial charge in [-0.05, 0) is 54.8 Å². The van der Waals surface area contributed by atoms with Crippen molar-refractivity contribution in [2.45, 2.75) is 44.4 Å². The van der Waals surface area contributed by atoms with Gasteiger partial charge in [-0.2, -0.15) is 0 Å². The number of aromatic hydroxyl groups is 1. The predicted molar refractivity (Wildman–Crippen MR) is 158 cm³/mol. The summed E-state index contributed by atoms with van der Waals surface area (Å²) in [5, 5.41) is 12.6. The number of piperidine rings is 2. The van der Waals surface area contributed by atoms with Gasteiger partial charge in [-0.15, -0.1) is 0 Å². The topological polar surface area (TPSA) is 113 Å². The van der Waals surface area contributed by atoms with Crippen molar-refractivity contribution in [3.05, 3.63) is 83.9 Å². The molecule has 10 nitrogen and oxygen atoms in total. The van der Waals surface area contributed by atoms with Crippen molar-refractivity contribution in [3.8, 4) is 11.5 Å². The lowest BCUT2D eigenvalue weighted by Crippen LogP contribution is -2.44. The van der Waals surface area contributed by atoms with Gasteiger partial charge in [0.1, 0.15) is 23.3 Å². The Kier molecular flexibility index (Phi) is 8.05. The van der Waals surface area contributed by atoms with Crippen LogP contribution < -0.4 is 10.1 Å². The number of likely N-dealkylation sites (tertiary alicyclic amines) is 2. The fraction of sp³-hybridized carbons (Fsp3) is 0.375. The van der Waals surface area contributed by atoms with E-state index in [1.807, 2.05) is 41.9 Å². The van der Waals surface area contributed by atoms with Gasteiger partial charge in [-0.25, -0.2) is 4.98 Å². The summed E-state index contributed by atoms with van der Waals surface area (Å²) in [4.78, 5) is 38.8. The minimum Gasteiger partial charge on any atom is -0.508 e. The zero-order valence-corrected chi connectivity index (χ0v) is 23.8. The number of carbonyl (C=O) groups is 2. The normalized spacial score (nSPS) is 16.9. The van der Waals surface area contributed by atoms with Gasteiger partial charge in [-0.3, -0.25) is 19.5 Å². The van der Waals surface area contributed by atoms with Gasteiger partial charge >= 0.3 is 0 Å². The Morgan fingerprint density at radius 1 is 0.952 bits per heavy atom. The van der Waals surface area contributed by atoms with Crippen molar-refractivity contribution in [1.29, 1.82) is 0 Å². The number of carbonyl (C=O) groups excluding carboxylic acids is 2. The van der Waals surface area contributed by atoms with E-state index in [1.54, 1.807) is 35.5 Å². The molecule has 2 saturated heterocycles. The fourth-order valence-corrected chi connectivity index (χ4v) is 5.74. The highest BCUT2D eigenvalue weighted by atomic mass is 16.5. The van der Waals surface area contributed by atoms with Crippen molar-refractivity contribution in [1.82, 2.24) is 29.7 Å². The summed E-state index contributed by atoms with van der Waals surface area (Å²) in [7, 11) is 1.97. The van der Waals surface area contributed by atoms with Gasteiger partial charge in [0.2, 0.25) is 0 Å². The molecule has 2 fully saturated rings. The van der Waals surface area contributed by atoms with Crippen LogP contribution in [0.5, 0.6) is 11.5 Å². The second-order valence-electron chi connectivity index (χ2n) is 11.2. The number of fused-ring (bicyclic) bond motifs is 1. The van der Waals surface area contributed by atoms with Crippen molar-refractivity contribution in [2.24, 2.45) is 7.05 Å². The lowest BCUT2D eigenvalue weighted by atomic mass is 10.0. The number of nitrogens with one attached hydrogen (secondary N) is 1. The molecule has 0 aliphatic carbocycles. The third-order valence-electron chi connectivity index (χ3n) is 8.24. The van der Waals surface area contributed by atoms with Gasteiger partial charge in [-0.1, -0.05) is 12.1 Å². The third-order valence-corrected chi connectivity index (χ3v) is 8.24. The predicted octanol–water partition coefficient (Wildman–Crippen LogP) is 3.75. The Hall–Kier alpha value is -4.44. The Labute approximate surface area is 244 Å². The van der Waals surface area contributed by atoms with Crippen LogP contribution in [0.3, 0.4) is 0 Å². The van der Waals surface area contributed by atoms with Gasteiger partial charge in [0, 0.05) is 70.9 Å². The van der Waals surface area contributed by atoms with E-state index < -0.39 is 0 Å². The standard InChI is InChI=1S/C32H36N6O4/c1-36-21-34-29-18-27(7-9-30(29)36)42-26-12-16-38(17-13-26)32(41)28-8-4-23(19-33-28)31(40)35-24-10-14-37(15-11-24)20-22-2-5-25(39)6-3-22/h2-9,18-19,21,24,26,39H,10-17,20H2,1H3,(H,35,40). The van der Waals surface area contributed by atoms with Crippen LogP contribution in [0, 0.1) is 0 Å². The maximum absolute atomic E-state index is 13.1. The summed E-state index contributed by atoms with van der Waals surface area (Å²) >= 11 is 0. The number of phenolic OH excluding ortho intramolecular Hbond substituents is 1. The third kappa shape index (κ3) is 6.38. The Morgan fingerprint density at radius 2 is 1.71 bits per heavy atom. The number of aromatic nitrogens is 3. The molecule has 2 aromatic carbocycles. The lowest BCUT2D eigenvalue weighted by molar-refractivity contribution is 0.0590. The average Bonchev–Trinajstić information content (AvgIpc) is 3.39. The molecule has 10 heteroatoms. The number of pyridine rings is 1. The maximum Gasteiger partial charge on any atom is 0.272 e. The quantitative estimate of drug-likeness (QED) is 0.349. The van der Waals surface area contributed by atoms with Crippen LogP contribution in [0.25, 0.3) is 11.0 Å². The molecule has 42 heavy (non-hydrogen) atoms. The number of benzene rings is 2. The number of rotatable bonds is 7. The molecule has 0 spiro atoms. The van der Waals surface area contributed by atoms with Gasteiger partial charge < -0.3 is 24.6 Å². The smallest absolute Gasteiger partial charge is 0.272 e. The van der Waals surface area contributed by atoms with E-state index in [-0.39, 0.29) is 29.7 Å². The number of ether oxygens (including phenoxy) is 1. The fourth-order valence-electron chi connectivity index (χ4n) is 5.74. The van der Waals surface area contributed by atoms with E-state index in [2.05, 4.69) is 20.2 Å². The van der Waals surface area contributed by atoms with Crippen LogP contribution in [-0.2, 0) is 13.6 Å². The van der Waals surface area contributed by atoms with E-state index in [4.69, 9.17) is 4.74 Å². The van der Waals surface area contributed by atoms with Gasteiger partial charge in [0.25, 0.3) is 11.8 Å². The molecule has 4 aromatic rings. The number of phenols is 1. The van der Waals surface area contributed by atoms with E-state index in [0.717, 1.165) is 67.7 Å². The molecule has 6 rings (SSSR count). The average molecular weight is 569 g/mol. The van der Waals surface area contributed by atoms with E-state index in [1.165, 1.54) is 6.20 Å². The first-order chi connectivity index (χ1) is 20.4. The first-order valence-corrected chi connectivity index (χ1v) is 14.6. The van der Waals surface area contributed by atoms with Crippen LogP contribution in [-0.4, -0.2) is 79.6 Å². The second kappa shape index (κ2) is 12.2. The number of hydrogen-bond acceptors (Lipinski definition) is 7. The zero-order valence-electron chi connectivity index (χ0n) is 23.8. The van der Waals surface area contributed by atoms with E-state index in [9.17, 15) is 14.7 Å². The molecule has 0 radical (unpaired) electrons. The molecule has 2 amide bonds. The van der Waals surface area contributed by atoms with Crippen LogP contribution in [0.4, 0.5) is 0 Å². The number of amides is 2. The summed E-state index contributed by atoms with van der Waals surface area (Å²) < 4.78 is 8.16. The lowest BCUT2D eigenvalue weighted by Gasteiger charge is -2.32. The van der Waals surface area contributed by atoms with E-state index in [0.29, 0.717) is 24.3 Å². The molecule has 0 unspecified atom stereocenters. The molecule has 0 saturated carbocycles. The molecule has 0 atom stereocenters. The summed E-state index contributed by atoms with van der Waals surface area (Å²) in [6.07, 6.45) is 6.52. The Balaban J connectivity index is 0.948. The Morgan fingerprint density at radius 3 is 2.43 bits per heavy atom. The number of nitrogens with zero attached hydrogens (tertiary/aromatic N) is 5. The Bertz CT molecular complexity index is 1540. The molecular formula is C32H36N6O4. The number of aryl methyl sites for hydroxylation is 1. The number of hydrogen-bond donors (Lipinski definition) is 2. The minimum atomic E-state index is -0.166. The van der Waals surface area contributed by atoms with Crippen molar-refractivity contribution < 1.29 is 19.4 Å². The number of imidazole rings is 1. The van der Waals surface area contributed by atoms with Gasteiger partial charge in [0.15, 0.2) is 0 Å². The van der Waals surface area contributed by atoms with Crippen molar-refractivity contribution in [2.75, 3.05) is 26.2 Å². The van der Waals surface area contributed by atoms with Crippen LogP contribution >= 0.6 is 0 Å². The van der Waals surface area contributed by atoms with Crippen LogP contribution in [0.15, 0.2) is 67.1 Å². The summed E-state index contributed by atoms with van der Waals surface area (Å²) in [6.45, 7) is 3.78.